The summed E-state index contributed by atoms with van der Waals surface area (Å²) in [5, 5.41) is 9.95. The number of aliphatic hydroxyl groups is 1. The quantitative estimate of drug-likeness (QED) is 0.660. The third-order valence-electron chi connectivity index (χ3n) is 2.76. The fraction of sp³-hybridized carbons (Fsp3) is 1.00. The summed E-state index contributed by atoms with van der Waals surface area (Å²) in [5.41, 5.74) is 5.36. The molecule has 2 unspecified atom stereocenters. The van der Waals surface area contributed by atoms with Crippen LogP contribution in [0.2, 0.25) is 0 Å². The van der Waals surface area contributed by atoms with Crippen molar-refractivity contribution in [1.29, 1.82) is 0 Å². The van der Waals surface area contributed by atoms with Crippen molar-refractivity contribution < 1.29 is 9.84 Å². The minimum absolute atomic E-state index is 0.203. The molecule has 0 aromatic carbocycles. The predicted molar refractivity (Wildman–Crippen MR) is 59.2 cm³/mol. The van der Waals surface area contributed by atoms with E-state index in [1.54, 1.807) is 7.11 Å². The zero-order valence-electron chi connectivity index (χ0n) is 9.92. The van der Waals surface area contributed by atoms with E-state index in [1.165, 1.54) is 0 Å². The molecule has 0 aromatic heterocycles. The van der Waals surface area contributed by atoms with Gasteiger partial charge in [-0.25, -0.2) is 0 Å². The summed E-state index contributed by atoms with van der Waals surface area (Å²) in [4.78, 5) is 0. The van der Waals surface area contributed by atoms with E-state index in [-0.39, 0.29) is 17.6 Å². The van der Waals surface area contributed by atoms with E-state index in [0.717, 1.165) is 12.8 Å². The van der Waals surface area contributed by atoms with Crippen molar-refractivity contribution >= 4 is 0 Å². The van der Waals surface area contributed by atoms with Crippen LogP contribution >= 0.6 is 0 Å². The van der Waals surface area contributed by atoms with Gasteiger partial charge in [0.05, 0.1) is 11.7 Å². The topological polar surface area (TPSA) is 55.5 Å². The number of methoxy groups -OCH3 is 1. The number of ether oxygens (including phenoxy) is 1. The van der Waals surface area contributed by atoms with Gasteiger partial charge in [-0.3, -0.25) is 0 Å². The van der Waals surface area contributed by atoms with Gasteiger partial charge < -0.3 is 15.6 Å². The number of nitrogens with two attached hydrogens (primary N) is 1. The molecule has 0 aliphatic rings. The maximum absolute atomic E-state index is 9.95. The Balaban J connectivity index is 4.09. The number of aliphatic hydroxyl groups excluding tert-OH is 1. The lowest BCUT2D eigenvalue weighted by molar-refractivity contribution is -0.0343. The fourth-order valence-corrected chi connectivity index (χ4v) is 1.59. The number of hydrogen-bond acceptors (Lipinski definition) is 3. The minimum atomic E-state index is -0.352. The number of rotatable bonds is 7. The SMILES string of the molecule is CCCC(CN)C(O)CC(C)(C)OC. The van der Waals surface area contributed by atoms with Crippen LogP contribution in [0.5, 0.6) is 0 Å². The van der Waals surface area contributed by atoms with Crippen LogP contribution in [0.3, 0.4) is 0 Å². The third kappa shape index (κ3) is 4.94. The van der Waals surface area contributed by atoms with E-state index in [1.807, 2.05) is 13.8 Å². The molecule has 0 heterocycles. The Morgan fingerprint density at radius 3 is 2.36 bits per heavy atom. The van der Waals surface area contributed by atoms with Gasteiger partial charge in [-0.1, -0.05) is 13.3 Å². The molecule has 0 aliphatic heterocycles. The van der Waals surface area contributed by atoms with Crippen LogP contribution in [0.15, 0.2) is 0 Å². The lowest BCUT2D eigenvalue weighted by Gasteiger charge is -2.29. The monoisotopic (exact) mass is 203 g/mol. The van der Waals surface area contributed by atoms with Gasteiger partial charge in [0.1, 0.15) is 0 Å². The highest BCUT2D eigenvalue weighted by Crippen LogP contribution is 2.22. The Labute approximate surface area is 87.6 Å². The van der Waals surface area contributed by atoms with Gasteiger partial charge in [-0.2, -0.15) is 0 Å². The second kappa shape index (κ2) is 6.38. The van der Waals surface area contributed by atoms with E-state index >= 15 is 0 Å². The van der Waals surface area contributed by atoms with Crippen LogP contribution in [0.25, 0.3) is 0 Å². The minimum Gasteiger partial charge on any atom is -0.393 e. The molecule has 0 rings (SSSR count). The molecule has 0 fully saturated rings. The smallest absolute Gasteiger partial charge is 0.0647 e. The molecule has 0 aliphatic carbocycles. The maximum atomic E-state index is 9.95. The van der Waals surface area contributed by atoms with Crippen LogP contribution < -0.4 is 5.73 Å². The number of hydrogen-bond donors (Lipinski definition) is 2. The Bertz CT molecular complexity index is 148. The lowest BCUT2D eigenvalue weighted by Crippen LogP contribution is -2.35. The third-order valence-corrected chi connectivity index (χ3v) is 2.76. The standard InChI is InChI=1S/C11H25NO2/c1-5-6-9(8-12)10(13)7-11(2,3)14-4/h9-10,13H,5-8,12H2,1-4H3. The van der Waals surface area contributed by atoms with E-state index in [2.05, 4.69) is 6.92 Å². The molecule has 3 N–H and O–H groups in total. The van der Waals surface area contributed by atoms with Gasteiger partial charge in [-0.15, -0.1) is 0 Å². The molecule has 86 valence electrons. The summed E-state index contributed by atoms with van der Waals surface area (Å²) in [7, 11) is 1.67. The van der Waals surface area contributed by atoms with Crippen LogP contribution in [0, 0.1) is 5.92 Å². The summed E-state index contributed by atoms with van der Waals surface area (Å²) < 4.78 is 5.28. The second-order valence-electron chi connectivity index (χ2n) is 4.52. The molecule has 0 spiro atoms. The highest BCUT2D eigenvalue weighted by molar-refractivity contribution is 4.78. The van der Waals surface area contributed by atoms with Gasteiger partial charge >= 0.3 is 0 Å². The average Bonchev–Trinajstić information content (AvgIpc) is 2.13. The van der Waals surface area contributed by atoms with Crippen molar-refractivity contribution in [3.05, 3.63) is 0 Å². The molecule has 0 amide bonds. The van der Waals surface area contributed by atoms with Crippen molar-refractivity contribution in [3.63, 3.8) is 0 Å². The molecule has 0 aromatic rings. The first-order chi connectivity index (χ1) is 6.46. The van der Waals surface area contributed by atoms with Crippen molar-refractivity contribution in [2.24, 2.45) is 11.7 Å². The van der Waals surface area contributed by atoms with Gasteiger partial charge in [0, 0.05) is 13.5 Å². The zero-order chi connectivity index (χ0) is 11.2. The molecule has 0 saturated carbocycles. The molecule has 2 atom stereocenters. The highest BCUT2D eigenvalue weighted by Gasteiger charge is 2.26. The van der Waals surface area contributed by atoms with Gasteiger partial charge in [0.25, 0.3) is 0 Å². The second-order valence-corrected chi connectivity index (χ2v) is 4.52. The van der Waals surface area contributed by atoms with E-state index < -0.39 is 0 Å². The summed E-state index contributed by atoms with van der Waals surface area (Å²) >= 11 is 0. The van der Waals surface area contributed by atoms with Crippen molar-refractivity contribution in [3.8, 4) is 0 Å². The largest absolute Gasteiger partial charge is 0.393 e. The van der Waals surface area contributed by atoms with Crippen molar-refractivity contribution in [2.45, 2.75) is 51.7 Å². The Morgan fingerprint density at radius 1 is 1.43 bits per heavy atom. The highest BCUT2D eigenvalue weighted by atomic mass is 16.5. The molecular formula is C11H25NO2. The molecular weight excluding hydrogens is 178 g/mol. The van der Waals surface area contributed by atoms with E-state index in [4.69, 9.17) is 10.5 Å². The molecule has 0 saturated heterocycles. The van der Waals surface area contributed by atoms with Gasteiger partial charge in [0.2, 0.25) is 0 Å². The molecule has 0 bridgehead atoms. The first-order valence-electron chi connectivity index (χ1n) is 5.40. The van der Waals surface area contributed by atoms with Gasteiger partial charge in [-0.05, 0) is 32.7 Å². The molecule has 0 radical (unpaired) electrons. The zero-order valence-corrected chi connectivity index (χ0v) is 9.92. The van der Waals surface area contributed by atoms with Crippen molar-refractivity contribution in [2.75, 3.05) is 13.7 Å². The Hall–Kier alpha value is -0.120. The van der Waals surface area contributed by atoms with Crippen molar-refractivity contribution in [1.82, 2.24) is 0 Å². The first-order valence-corrected chi connectivity index (χ1v) is 5.40. The van der Waals surface area contributed by atoms with E-state index in [9.17, 15) is 5.11 Å². The average molecular weight is 203 g/mol. The van der Waals surface area contributed by atoms with E-state index in [0.29, 0.717) is 13.0 Å². The first kappa shape index (κ1) is 13.9. The van der Waals surface area contributed by atoms with Crippen LogP contribution in [-0.4, -0.2) is 30.5 Å². The predicted octanol–water partition coefficient (Wildman–Crippen LogP) is 1.54. The summed E-state index contributed by atoms with van der Waals surface area (Å²) in [6.45, 7) is 6.62. The summed E-state index contributed by atoms with van der Waals surface area (Å²) in [6.07, 6.45) is 2.34. The summed E-state index contributed by atoms with van der Waals surface area (Å²) in [6, 6.07) is 0. The molecule has 3 nitrogen and oxygen atoms in total. The Morgan fingerprint density at radius 2 is 2.00 bits per heavy atom. The fourth-order valence-electron chi connectivity index (χ4n) is 1.59. The maximum Gasteiger partial charge on any atom is 0.0647 e. The van der Waals surface area contributed by atoms with Gasteiger partial charge in [0.15, 0.2) is 0 Å². The van der Waals surface area contributed by atoms with Crippen LogP contribution in [0.4, 0.5) is 0 Å². The summed E-state index contributed by atoms with van der Waals surface area (Å²) in [5.74, 6) is 0.203. The normalized spacial score (nSPS) is 16.7. The lowest BCUT2D eigenvalue weighted by atomic mass is 9.89. The van der Waals surface area contributed by atoms with Crippen LogP contribution in [0.1, 0.15) is 40.0 Å². The molecule has 14 heavy (non-hydrogen) atoms. The molecule has 3 heteroatoms. The Kier molecular flexibility index (Phi) is 6.33. The van der Waals surface area contributed by atoms with Crippen LogP contribution in [-0.2, 0) is 4.74 Å².